The number of carbonyl (C=O) groups excluding carboxylic acids is 2. The molecule has 0 unspecified atom stereocenters. The number of esters is 1. The third-order valence-electron chi connectivity index (χ3n) is 3.86. The van der Waals surface area contributed by atoms with Crippen LogP contribution < -0.4 is 5.32 Å². The summed E-state index contributed by atoms with van der Waals surface area (Å²) < 4.78 is 11.9. The number of fused-ring (bicyclic) bond motifs is 1. The number of hydrogen-bond donors (Lipinski definition) is 1. The summed E-state index contributed by atoms with van der Waals surface area (Å²) in [4.78, 5) is 28.3. The second-order valence-electron chi connectivity index (χ2n) is 5.77. The largest absolute Gasteiger partial charge is 0.450 e. The van der Waals surface area contributed by atoms with Gasteiger partial charge in [0.2, 0.25) is 5.76 Å². The number of ether oxygens (including phenoxy) is 1. The van der Waals surface area contributed by atoms with Gasteiger partial charge in [0.05, 0.1) is 11.4 Å². The summed E-state index contributed by atoms with van der Waals surface area (Å²) in [6.07, 6.45) is 2.86. The van der Waals surface area contributed by atoms with Crippen LogP contribution in [0.15, 0.2) is 65.6 Å². The number of halogens is 1. The van der Waals surface area contributed by atoms with Gasteiger partial charge >= 0.3 is 5.97 Å². The van der Waals surface area contributed by atoms with Gasteiger partial charge in [-0.1, -0.05) is 29.8 Å². The van der Waals surface area contributed by atoms with Gasteiger partial charge in [0.25, 0.3) is 5.91 Å². The number of anilines is 1. The smallest absolute Gasteiger partial charge is 0.374 e. The predicted octanol–water partition coefficient (Wildman–Crippen LogP) is 3.46. The molecule has 8 nitrogen and oxygen atoms in total. The Morgan fingerprint density at radius 1 is 1.18 bits per heavy atom. The Labute approximate surface area is 163 Å². The minimum atomic E-state index is -0.728. The first kappa shape index (κ1) is 17.7. The van der Waals surface area contributed by atoms with E-state index in [1.807, 2.05) is 12.1 Å². The third kappa shape index (κ3) is 3.72. The first-order valence-corrected chi connectivity index (χ1v) is 8.58. The minimum absolute atomic E-state index is 0.0278. The Kier molecular flexibility index (Phi) is 4.77. The zero-order chi connectivity index (χ0) is 19.5. The number of amides is 1. The number of rotatable bonds is 5. The van der Waals surface area contributed by atoms with Crippen molar-refractivity contribution in [1.82, 2.24) is 14.8 Å². The summed E-state index contributed by atoms with van der Waals surface area (Å²) in [5.41, 5.74) is 1.54. The van der Waals surface area contributed by atoms with E-state index in [0.29, 0.717) is 22.0 Å². The van der Waals surface area contributed by atoms with Crippen LogP contribution in [-0.2, 0) is 9.53 Å². The summed E-state index contributed by atoms with van der Waals surface area (Å²) >= 11 is 6.01. The molecular formula is C19H13ClN4O4. The highest BCUT2D eigenvalue weighted by molar-refractivity contribution is 6.31. The van der Waals surface area contributed by atoms with Gasteiger partial charge in [-0.05, 0) is 30.3 Å². The maximum atomic E-state index is 12.2. The first-order chi connectivity index (χ1) is 13.6. The third-order valence-corrected chi connectivity index (χ3v) is 4.09. The Morgan fingerprint density at radius 2 is 2.04 bits per heavy atom. The molecule has 0 saturated carbocycles. The molecule has 1 N–H and O–H groups in total. The van der Waals surface area contributed by atoms with Gasteiger partial charge in [-0.2, -0.15) is 5.10 Å². The summed E-state index contributed by atoms with van der Waals surface area (Å²) in [5, 5.41) is 7.89. The van der Waals surface area contributed by atoms with Crippen molar-refractivity contribution in [3.63, 3.8) is 0 Å². The molecule has 0 saturated heterocycles. The molecule has 28 heavy (non-hydrogen) atoms. The van der Waals surface area contributed by atoms with Crippen LogP contribution in [-0.4, -0.2) is 33.2 Å². The Balaban J connectivity index is 1.43. The zero-order valence-corrected chi connectivity index (χ0v) is 15.1. The lowest BCUT2D eigenvalue weighted by Crippen LogP contribution is -2.21. The van der Waals surface area contributed by atoms with E-state index in [1.54, 1.807) is 36.4 Å². The molecule has 2 heterocycles. The standard InChI is InChI=1S/C19H13ClN4O4/c20-13-5-6-15(24-11-21-10-22-24)14(8-13)23-18(25)9-27-19(26)17-7-12-3-1-2-4-16(12)28-17/h1-8,10-11H,9H2,(H,23,25). The van der Waals surface area contributed by atoms with Crippen LogP contribution in [0.1, 0.15) is 10.6 Å². The van der Waals surface area contributed by atoms with Crippen molar-refractivity contribution in [3.8, 4) is 5.69 Å². The molecule has 0 bridgehead atoms. The molecule has 4 rings (SSSR count). The van der Waals surface area contributed by atoms with Crippen molar-refractivity contribution in [3.05, 3.63) is 72.0 Å². The summed E-state index contributed by atoms with van der Waals surface area (Å²) in [7, 11) is 0. The number of benzene rings is 2. The number of nitrogens with zero attached hydrogens (tertiary/aromatic N) is 3. The van der Waals surface area contributed by atoms with Crippen LogP contribution in [0.25, 0.3) is 16.7 Å². The molecule has 9 heteroatoms. The van der Waals surface area contributed by atoms with Crippen molar-refractivity contribution in [2.24, 2.45) is 0 Å². The van der Waals surface area contributed by atoms with Crippen molar-refractivity contribution >= 4 is 40.1 Å². The fourth-order valence-electron chi connectivity index (χ4n) is 2.61. The summed E-state index contributed by atoms with van der Waals surface area (Å²) in [6.45, 7) is -0.487. The summed E-state index contributed by atoms with van der Waals surface area (Å²) in [6, 6.07) is 13.7. The topological polar surface area (TPSA) is 99.2 Å². The maximum absolute atomic E-state index is 12.2. The Morgan fingerprint density at radius 3 is 2.82 bits per heavy atom. The second kappa shape index (κ2) is 7.53. The molecule has 0 aliphatic rings. The SMILES string of the molecule is O=C(COC(=O)c1cc2ccccc2o1)Nc1cc(Cl)ccc1-n1cncn1. The molecule has 0 aliphatic carbocycles. The molecule has 0 spiro atoms. The van der Waals surface area contributed by atoms with Gasteiger partial charge < -0.3 is 14.5 Å². The van der Waals surface area contributed by atoms with E-state index in [4.69, 9.17) is 20.8 Å². The number of hydrogen-bond acceptors (Lipinski definition) is 6. The molecule has 0 atom stereocenters. The van der Waals surface area contributed by atoms with E-state index in [0.717, 1.165) is 5.39 Å². The molecule has 0 radical (unpaired) electrons. The van der Waals surface area contributed by atoms with Crippen molar-refractivity contribution in [1.29, 1.82) is 0 Å². The van der Waals surface area contributed by atoms with Gasteiger partial charge in [0.1, 0.15) is 18.2 Å². The van der Waals surface area contributed by atoms with E-state index in [1.165, 1.54) is 17.3 Å². The van der Waals surface area contributed by atoms with Gasteiger partial charge in [-0.3, -0.25) is 4.79 Å². The van der Waals surface area contributed by atoms with Gasteiger partial charge in [-0.15, -0.1) is 0 Å². The summed E-state index contributed by atoms with van der Waals surface area (Å²) in [5.74, 6) is -1.23. The molecule has 0 fully saturated rings. The molecule has 2 aromatic heterocycles. The lowest BCUT2D eigenvalue weighted by Gasteiger charge is -2.11. The highest BCUT2D eigenvalue weighted by Gasteiger charge is 2.16. The normalized spacial score (nSPS) is 10.8. The fourth-order valence-corrected chi connectivity index (χ4v) is 2.78. The molecule has 140 valence electrons. The quantitative estimate of drug-likeness (QED) is 0.518. The highest BCUT2D eigenvalue weighted by Crippen LogP contribution is 2.24. The van der Waals surface area contributed by atoms with Crippen LogP contribution >= 0.6 is 11.6 Å². The minimum Gasteiger partial charge on any atom is -0.450 e. The van der Waals surface area contributed by atoms with Crippen LogP contribution in [0.3, 0.4) is 0 Å². The Hall–Kier alpha value is -3.65. The average Bonchev–Trinajstić information content (AvgIpc) is 3.36. The van der Waals surface area contributed by atoms with E-state index in [2.05, 4.69) is 15.4 Å². The zero-order valence-electron chi connectivity index (χ0n) is 14.3. The molecule has 0 aliphatic heterocycles. The molecular weight excluding hydrogens is 384 g/mol. The lowest BCUT2D eigenvalue weighted by atomic mass is 10.2. The van der Waals surface area contributed by atoms with E-state index < -0.39 is 18.5 Å². The van der Waals surface area contributed by atoms with Crippen molar-refractivity contribution in [2.75, 3.05) is 11.9 Å². The number of para-hydroxylation sites is 1. The molecule has 4 aromatic rings. The van der Waals surface area contributed by atoms with Gasteiger partial charge in [0, 0.05) is 10.4 Å². The number of carbonyl (C=O) groups is 2. The van der Waals surface area contributed by atoms with Gasteiger partial charge in [-0.25, -0.2) is 14.5 Å². The first-order valence-electron chi connectivity index (χ1n) is 8.20. The predicted molar refractivity (Wildman–Crippen MR) is 101 cm³/mol. The van der Waals surface area contributed by atoms with Crippen molar-refractivity contribution < 1.29 is 18.7 Å². The molecule has 1 amide bonds. The van der Waals surface area contributed by atoms with E-state index >= 15 is 0 Å². The Bertz CT molecular complexity index is 1120. The van der Waals surface area contributed by atoms with Crippen LogP contribution in [0, 0.1) is 0 Å². The number of furan rings is 1. The monoisotopic (exact) mass is 396 g/mol. The number of aromatic nitrogens is 3. The van der Waals surface area contributed by atoms with Crippen molar-refractivity contribution in [2.45, 2.75) is 0 Å². The van der Waals surface area contributed by atoms with E-state index in [9.17, 15) is 9.59 Å². The van der Waals surface area contributed by atoms with E-state index in [-0.39, 0.29) is 5.76 Å². The fraction of sp³-hybridized carbons (Fsp3) is 0.0526. The van der Waals surface area contributed by atoms with Crippen LogP contribution in [0.4, 0.5) is 5.69 Å². The second-order valence-corrected chi connectivity index (χ2v) is 6.21. The number of nitrogens with one attached hydrogen (secondary N) is 1. The average molecular weight is 397 g/mol. The maximum Gasteiger partial charge on any atom is 0.374 e. The molecule has 2 aromatic carbocycles. The highest BCUT2D eigenvalue weighted by atomic mass is 35.5. The van der Waals surface area contributed by atoms with Crippen LogP contribution in [0.5, 0.6) is 0 Å². The van der Waals surface area contributed by atoms with Crippen LogP contribution in [0.2, 0.25) is 5.02 Å². The lowest BCUT2D eigenvalue weighted by molar-refractivity contribution is -0.119. The van der Waals surface area contributed by atoms with Gasteiger partial charge in [0.15, 0.2) is 6.61 Å².